The molecule has 2 aliphatic heterocycles. The monoisotopic (exact) mass is 364 g/mol. The molecule has 7 heteroatoms. The first-order chi connectivity index (χ1) is 10.3. The van der Waals surface area contributed by atoms with Crippen molar-refractivity contribution in [3.8, 4) is 17.2 Å². The van der Waals surface area contributed by atoms with Crippen molar-refractivity contribution < 1.29 is 14.2 Å². The molecule has 0 aliphatic carbocycles. The molecule has 2 heterocycles. The van der Waals surface area contributed by atoms with Crippen molar-refractivity contribution in [3.63, 3.8) is 0 Å². The molecule has 1 aromatic carbocycles. The maximum Gasteiger partial charge on any atom is 0.231 e. The van der Waals surface area contributed by atoms with E-state index in [4.69, 9.17) is 14.2 Å². The van der Waals surface area contributed by atoms with E-state index in [9.17, 15) is 0 Å². The van der Waals surface area contributed by atoms with Crippen molar-refractivity contribution in [1.82, 2.24) is 10.2 Å². The molecule has 0 radical (unpaired) electrons. The molecule has 1 atom stereocenters. The fourth-order valence-corrected chi connectivity index (χ4v) is 3.17. The lowest BCUT2D eigenvalue weighted by molar-refractivity contribution is 0.163. The van der Waals surface area contributed by atoms with Gasteiger partial charge in [0.05, 0.1) is 7.11 Å². The molecule has 0 unspecified atom stereocenters. The van der Waals surface area contributed by atoms with Gasteiger partial charge in [-0.15, -0.1) is 24.8 Å². The van der Waals surface area contributed by atoms with E-state index in [1.807, 2.05) is 0 Å². The van der Waals surface area contributed by atoms with Crippen LogP contribution in [0.3, 0.4) is 0 Å². The lowest BCUT2D eigenvalue weighted by Crippen LogP contribution is -2.45. The molecule has 0 amide bonds. The molecule has 23 heavy (non-hydrogen) atoms. The van der Waals surface area contributed by atoms with Crippen LogP contribution in [0.4, 0.5) is 0 Å². The van der Waals surface area contributed by atoms with Gasteiger partial charge >= 0.3 is 0 Å². The van der Waals surface area contributed by atoms with Gasteiger partial charge < -0.3 is 19.5 Å². The maximum absolute atomic E-state index is 5.56. The van der Waals surface area contributed by atoms with Crippen LogP contribution in [0.5, 0.6) is 17.2 Å². The van der Waals surface area contributed by atoms with Gasteiger partial charge in [-0.05, 0) is 24.1 Å². The molecular weight excluding hydrogens is 339 g/mol. The number of hydrogen-bond donors (Lipinski definition) is 1. The first kappa shape index (κ1) is 20.2. The maximum atomic E-state index is 5.56. The highest BCUT2D eigenvalue weighted by Gasteiger charge is 2.26. The first-order valence-corrected chi connectivity index (χ1v) is 7.75. The van der Waals surface area contributed by atoms with Gasteiger partial charge in [0.2, 0.25) is 12.5 Å². The van der Waals surface area contributed by atoms with Gasteiger partial charge in [-0.25, -0.2) is 0 Å². The topological polar surface area (TPSA) is 43.0 Å². The van der Waals surface area contributed by atoms with Crippen molar-refractivity contribution in [3.05, 3.63) is 17.7 Å². The summed E-state index contributed by atoms with van der Waals surface area (Å²) < 4.78 is 16.5. The van der Waals surface area contributed by atoms with E-state index in [0.29, 0.717) is 6.04 Å². The van der Waals surface area contributed by atoms with Gasteiger partial charge in [0.15, 0.2) is 11.5 Å². The molecule has 2 aliphatic rings. The minimum atomic E-state index is 0. The van der Waals surface area contributed by atoms with Crippen LogP contribution in [0.1, 0.15) is 31.4 Å². The number of fused-ring (bicyclic) bond motifs is 1. The molecular formula is C16H26Cl2N2O3. The lowest BCUT2D eigenvalue weighted by atomic mass is 9.99. The zero-order valence-corrected chi connectivity index (χ0v) is 15.3. The molecule has 1 saturated heterocycles. The van der Waals surface area contributed by atoms with Crippen molar-refractivity contribution in [2.24, 2.45) is 0 Å². The summed E-state index contributed by atoms with van der Waals surface area (Å²) in [5.41, 5.74) is 1.26. The molecule has 5 nitrogen and oxygen atoms in total. The summed E-state index contributed by atoms with van der Waals surface area (Å²) in [6, 6.07) is 4.64. The number of benzene rings is 1. The summed E-state index contributed by atoms with van der Waals surface area (Å²) in [7, 11) is 1.68. The summed E-state index contributed by atoms with van der Waals surface area (Å²) in [6.45, 7) is 6.80. The SMILES string of the molecule is CCC[C@@H](c1cc(OC)c2c(c1)OCO2)N1CCNCC1.Cl.Cl. The summed E-state index contributed by atoms with van der Waals surface area (Å²) in [4.78, 5) is 2.55. The highest BCUT2D eigenvalue weighted by atomic mass is 35.5. The van der Waals surface area contributed by atoms with Gasteiger partial charge in [0.25, 0.3) is 0 Å². The van der Waals surface area contributed by atoms with Crippen LogP contribution >= 0.6 is 24.8 Å². The predicted octanol–water partition coefficient (Wildman–Crippen LogP) is 3.01. The van der Waals surface area contributed by atoms with Crippen LogP contribution in [0.25, 0.3) is 0 Å². The fraction of sp³-hybridized carbons (Fsp3) is 0.625. The molecule has 132 valence electrons. The van der Waals surface area contributed by atoms with E-state index in [0.717, 1.165) is 56.3 Å². The third-order valence-electron chi connectivity index (χ3n) is 4.22. The smallest absolute Gasteiger partial charge is 0.231 e. The zero-order valence-electron chi connectivity index (χ0n) is 13.7. The van der Waals surface area contributed by atoms with E-state index in [2.05, 4.69) is 29.3 Å². The number of hydrogen-bond acceptors (Lipinski definition) is 5. The van der Waals surface area contributed by atoms with Gasteiger partial charge in [0, 0.05) is 32.2 Å². The fourth-order valence-electron chi connectivity index (χ4n) is 3.17. The normalized spacial score (nSPS) is 17.8. The van der Waals surface area contributed by atoms with Crippen molar-refractivity contribution in [1.29, 1.82) is 0 Å². The lowest BCUT2D eigenvalue weighted by Gasteiger charge is -2.35. The van der Waals surface area contributed by atoms with E-state index >= 15 is 0 Å². The molecule has 3 rings (SSSR count). The van der Waals surface area contributed by atoms with E-state index in [1.165, 1.54) is 5.56 Å². The standard InChI is InChI=1S/C16H24N2O3.2ClH/c1-3-4-13(18-7-5-17-6-8-18)12-9-14(19-2)16-15(10-12)20-11-21-16;;/h9-10,13,17H,3-8,11H2,1-2H3;2*1H/t13-;;/m0../s1. The summed E-state index contributed by atoms with van der Waals surface area (Å²) in [5, 5.41) is 3.42. The minimum absolute atomic E-state index is 0. The Kier molecular flexibility index (Phi) is 8.26. The van der Waals surface area contributed by atoms with Gasteiger partial charge in [-0.2, -0.15) is 0 Å². The molecule has 1 aromatic rings. The Morgan fingerprint density at radius 1 is 1.22 bits per heavy atom. The predicted molar refractivity (Wildman–Crippen MR) is 95.7 cm³/mol. The largest absolute Gasteiger partial charge is 0.493 e. The third kappa shape index (κ3) is 4.35. The molecule has 1 fully saturated rings. The molecule has 0 bridgehead atoms. The van der Waals surface area contributed by atoms with Crippen molar-refractivity contribution in [2.75, 3.05) is 40.1 Å². The van der Waals surface area contributed by atoms with E-state index in [-0.39, 0.29) is 31.6 Å². The van der Waals surface area contributed by atoms with Gasteiger partial charge in [-0.3, -0.25) is 4.90 Å². The Balaban J connectivity index is 0.00000132. The number of nitrogens with one attached hydrogen (secondary N) is 1. The van der Waals surface area contributed by atoms with Crippen molar-refractivity contribution in [2.45, 2.75) is 25.8 Å². The third-order valence-corrected chi connectivity index (χ3v) is 4.22. The van der Waals surface area contributed by atoms with Crippen molar-refractivity contribution >= 4 is 24.8 Å². The summed E-state index contributed by atoms with van der Waals surface area (Å²) in [5.74, 6) is 2.31. The molecule has 0 saturated carbocycles. The van der Waals surface area contributed by atoms with Crippen LogP contribution < -0.4 is 19.5 Å². The van der Waals surface area contributed by atoms with E-state index < -0.39 is 0 Å². The van der Waals surface area contributed by atoms with Crippen LogP contribution in [0, 0.1) is 0 Å². The van der Waals surface area contributed by atoms with Crippen LogP contribution in [-0.2, 0) is 0 Å². The van der Waals surface area contributed by atoms with Crippen LogP contribution in [0.2, 0.25) is 0 Å². The Hall–Kier alpha value is -0.880. The Labute approximate surface area is 150 Å². The highest BCUT2D eigenvalue weighted by Crippen LogP contribution is 2.44. The number of halogens is 2. The zero-order chi connectivity index (χ0) is 14.7. The number of nitrogens with zero attached hydrogens (tertiary/aromatic N) is 1. The Morgan fingerprint density at radius 3 is 2.61 bits per heavy atom. The van der Waals surface area contributed by atoms with Crippen LogP contribution in [0.15, 0.2) is 12.1 Å². The number of piperazine rings is 1. The molecule has 1 N–H and O–H groups in total. The average Bonchev–Trinajstić information content (AvgIpc) is 3.01. The highest BCUT2D eigenvalue weighted by molar-refractivity contribution is 5.85. The van der Waals surface area contributed by atoms with Gasteiger partial charge in [0.1, 0.15) is 0 Å². The Morgan fingerprint density at radius 2 is 1.96 bits per heavy atom. The average molecular weight is 365 g/mol. The molecule has 0 spiro atoms. The van der Waals surface area contributed by atoms with E-state index in [1.54, 1.807) is 7.11 Å². The first-order valence-electron chi connectivity index (χ1n) is 7.75. The molecule has 0 aromatic heterocycles. The Bertz CT molecular complexity index is 496. The number of rotatable bonds is 5. The second-order valence-corrected chi connectivity index (χ2v) is 5.55. The summed E-state index contributed by atoms with van der Waals surface area (Å²) >= 11 is 0. The quantitative estimate of drug-likeness (QED) is 0.869. The number of ether oxygens (including phenoxy) is 3. The van der Waals surface area contributed by atoms with Gasteiger partial charge in [-0.1, -0.05) is 13.3 Å². The minimum Gasteiger partial charge on any atom is -0.493 e. The second kappa shape index (κ2) is 9.42. The summed E-state index contributed by atoms with van der Waals surface area (Å²) in [6.07, 6.45) is 2.30. The second-order valence-electron chi connectivity index (χ2n) is 5.55. The number of methoxy groups -OCH3 is 1. The van der Waals surface area contributed by atoms with Crippen LogP contribution in [-0.4, -0.2) is 45.0 Å².